The van der Waals surface area contributed by atoms with E-state index >= 15 is 0 Å². The first-order chi connectivity index (χ1) is 11.7. The molecule has 0 atom stereocenters. The second kappa shape index (κ2) is 5.94. The predicted molar refractivity (Wildman–Crippen MR) is 98.2 cm³/mol. The first kappa shape index (κ1) is 14.7. The van der Waals surface area contributed by atoms with Gasteiger partial charge in [0.2, 0.25) is 5.91 Å². The second-order valence-corrected chi connectivity index (χ2v) is 6.45. The van der Waals surface area contributed by atoms with Gasteiger partial charge in [-0.25, -0.2) is 4.98 Å². The van der Waals surface area contributed by atoms with Gasteiger partial charge in [-0.1, -0.05) is 72.0 Å². The van der Waals surface area contributed by atoms with Crippen LogP contribution in [0.3, 0.4) is 0 Å². The summed E-state index contributed by atoms with van der Waals surface area (Å²) in [5, 5.41) is 3.74. The van der Waals surface area contributed by atoms with Crippen molar-refractivity contribution in [2.75, 3.05) is 5.32 Å². The third-order valence-electron chi connectivity index (χ3n) is 3.73. The van der Waals surface area contributed by atoms with E-state index < -0.39 is 0 Å². The monoisotopic (exact) mass is 333 g/mol. The summed E-state index contributed by atoms with van der Waals surface area (Å²) in [6.07, 6.45) is 2.02. The van der Waals surface area contributed by atoms with Crippen molar-refractivity contribution in [3.63, 3.8) is 0 Å². The summed E-state index contributed by atoms with van der Waals surface area (Å²) < 4.78 is 2.05. The molecule has 0 aliphatic heterocycles. The number of nitrogens with zero attached hydrogens (tertiary/aromatic N) is 2. The average Bonchev–Trinajstić information content (AvgIpc) is 3.13. The molecule has 2 aromatic carbocycles. The Morgan fingerprint density at radius 1 is 1.00 bits per heavy atom. The molecule has 0 radical (unpaired) electrons. The largest absolute Gasteiger partial charge is 0.316 e. The summed E-state index contributed by atoms with van der Waals surface area (Å²) in [5.41, 5.74) is 4.01. The molecule has 4 nitrogen and oxygen atoms in total. The van der Waals surface area contributed by atoms with Crippen LogP contribution < -0.4 is 5.32 Å². The SMILES string of the molecule is CC(=O)Nc1sc2nc(-c3ccccc3)cn2c1-c1ccccc1. The quantitative estimate of drug-likeness (QED) is 0.591. The van der Waals surface area contributed by atoms with Gasteiger partial charge in [0, 0.05) is 24.2 Å². The average molecular weight is 333 g/mol. The Labute approximate surface area is 143 Å². The number of carbonyl (C=O) groups excluding carboxylic acids is 1. The Morgan fingerprint density at radius 3 is 2.25 bits per heavy atom. The number of amides is 1. The molecule has 5 heteroatoms. The maximum atomic E-state index is 11.5. The van der Waals surface area contributed by atoms with Crippen molar-refractivity contribution in [1.82, 2.24) is 9.38 Å². The van der Waals surface area contributed by atoms with Crippen molar-refractivity contribution < 1.29 is 4.79 Å². The number of thiazole rings is 1. The van der Waals surface area contributed by atoms with Gasteiger partial charge in [0.05, 0.1) is 11.4 Å². The minimum atomic E-state index is -0.0834. The highest BCUT2D eigenvalue weighted by Gasteiger charge is 2.17. The highest BCUT2D eigenvalue weighted by atomic mass is 32.1. The third kappa shape index (κ3) is 2.59. The Kier molecular flexibility index (Phi) is 3.63. The third-order valence-corrected chi connectivity index (χ3v) is 4.70. The van der Waals surface area contributed by atoms with E-state index in [1.807, 2.05) is 71.3 Å². The molecule has 2 heterocycles. The number of hydrogen-bond donors (Lipinski definition) is 1. The topological polar surface area (TPSA) is 46.4 Å². The number of benzene rings is 2. The number of carbonyl (C=O) groups is 1. The van der Waals surface area contributed by atoms with Crippen LogP contribution in [-0.2, 0) is 4.79 Å². The summed E-state index contributed by atoms with van der Waals surface area (Å²) in [6.45, 7) is 1.52. The molecule has 0 fully saturated rings. The van der Waals surface area contributed by atoms with Gasteiger partial charge in [0.25, 0.3) is 0 Å². The molecule has 0 bridgehead atoms. The number of fused-ring (bicyclic) bond motifs is 1. The van der Waals surface area contributed by atoms with Gasteiger partial charge in [-0.15, -0.1) is 0 Å². The van der Waals surface area contributed by atoms with E-state index in [1.54, 1.807) is 0 Å². The Morgan fingerprint density at radius 2 is 1.62 bits per heavy atom. The van der Waals surface area contributed by atoms with Crippen LogP contribution in [0.2, 0.25) is 0 Å². The van der Waals surface area contributed by atoms with Crippen LogP contribution in [0.25, 0.3) is 27.5 Å². The van der Waals surface area contributed by atoms with Crippen molar-refractivity contribution in [3.8, 4) is 22.5 Å². The fourth-order valence-corrected chi connectivity index (χ4v) is 3.78. The van der Waals surface area contributed by atoms with E-state index in [0.717, 1.165) is 32.5 Å². The lowest BCUT2D eigenvalue weighted by Crippen LogP contribution is -2.05. The summed E-state index contributed by atoms with van der Waals surface area (Å²) in [6, 6.07) is 20.1. The number of nitrogens with one attached hydrogen (secondary N) is 1. The summed E-state index contributed by atoms with van der Waals surface area (Å²) >= 11 is 1.48. The van der Waals surface area contributed by atoms with E-state index in [9.17, 15) is 4.79 Å². The highest BCUT2D eigenvalue weighted by Crippen LogP contribution is 2.37. The van der Waals surface area contributed by atoms with Crippen LogP contribution in [0.4, 0.5) is 5.00 Å². The van der Waals surface area contributed by atoms with E-state index in [-0.39, 0.29) is 5.91 Å². The van der Waals surface area contributed by atoms with Crippen molar-refractivity contribution in [2.24, 2.45) is 0 Å². The van der Waals surface area contributed by atoms with Crippen molar-refractivity contribution in [3.05, 3.63) is 66.9 Å². The van der Waals surface area contributed by atoms with Gasteiger partial charge >= 0.3 is 0 Å². The zero-order valence-corrected chi connectivity index (χ0v) is 13.9. The van der Waals surface area contributed by atoms with Crippen LogP contribution in [-0.4, -0.2) is 15.3 Å². The van der Waals surface area contributed by atoms with Crippen LogP contribution in [0.15, 0.2) is 66.9 Å². The summed E-state index contributed by atoms with van der Waals surface area (Å²) in [4.78, 5) is 17.1. The molecular formula is C19H15N3OS. The lowest BCUT2D eigenvalue weighted by Gasteiger charge is -2.05. The minimum absolute atomic E-state index is 0.0834. The Balaban J connectivity index is 1.92. The highest BCUT2D eigenvalue weighted by molar-refractivity contribution is 7.21. The number of anilines is 1. The lowest BCUT2D eigenvalue weighted by atomic mass is 10.1. The fraction of sp³-hybridized carbons (Fsp3) is 0.0526. The van der Waals surface area contributed by atoms with Crippen LogP contribution in [0.1, 0.15) is 6.92 Å². The zero-order valence-electron chi connectivity index (χ0n) is 13.1. The smallest absolute Gasteiger partial charge is 0.221 e. The molecule has 0 unspecified atom stereocenters. The first-order valence-corrected chi connectivity index (χ1v) is 8.44. The molecule has 0 aliphatic rings. The van der Waals surface area contributed by atoms with Crippen LogP contribution >= 0.6 is 11.3 Å². The molecule has 0 aliphatic carbocycles. The van der Waals surface area contributed by atoms with E-state index in [4.69, 9.17) is 4.98 Å². The Bertz CT molecular complexity index is 1000. The molecule has 4 rings (SSSR count). The Hall–Kier alpha value is -2.92. The molecule has 0 saturated heterocycles. The number of hydrogen-bond acceptors (Lipinski definition) is 3. The zero-order chi connectivity index (χ0) is 16.5. The van der Waals surface area contributed by atoms with Gasteiger partial charge in [-0.3, -0.25) is 9.20 Å². The summed E-state index contributed by atoms with van der Waals surface area (Å²) in [7, 11) is 0. The number of imidazole rings is 1. The predicted octanol–water partition coefficient (Wildman–Crippen LogP) is 4.69. The normalized spacial score (nSPS) is 10.9. The molecule has 2 aromatic heterocycles. The van der Waals surface area contributed by atoms with Gasteiger partial charge < -0.3 is 5.32 Å². The molecule has 0 saturated carbocycles. The second-order valence-electron chi connectivity index (χ2n) is 5.47. The maximum absolute atomic E-state index is 11.5. The van der Waals surface area contributed by atoms with Crippen molar-refractivity contribution in [2.45, 2.75) is 6.92 Å². The van der Waals surface area contributed by atoms with Crippen molar-refractivity contribution >= 4 is 27.2 Å². The van der Waals surface area contributed by atoms with Gasteiger partial charge in [-0.05, 0) is 0 Å². The van der Waals surface area contributed by atoms with Gasteiger partial charge in [0.15, 0.2) is 4.96 Å². The van der Waals surface area contributed by atoms with Crippen molar-refractivity contribution in [1.29, 1.82) is 0 Å². The van der Waals surface area contributed by atoms with E-state index in [2.05, 4.69) is 5.32 Å². The summed E-state index contributed by atoms with van der Waals surface area (Å²) in [5.74, 6) is -0.0834. The molecule has 4 aromatic rings. The lowest BCUT2D eigenvalue weighted by molar-refractivity contribution is -0.114. The van der Waals surface area contributed by atoms with Gasteiger partial charge in [0.1, 0.15) is 5.00 Å². The van der Waals surface area contributed by atoms with Gasteiger partial charge in [-0.2, -0.15) is 0 Å². The van der Waals surface area contributed by atoms with Crippen LogP contribution in [0, 0.1) is 0 Å². The first-order valence-electron chi connectivity index (χ1n) is 7.63. The molecule has 1 amide bonds. The molecule has 0 spiro atoms. The standard InChI is InChI=1S/C19H15N3OS/c1-13(23)20-18-17(15-10-6-3-7-11-15)22-12-16(21-19(22)24-18)14-8-4-2-5-9-14/h2-12H,1H3,(H,20,23). The number of aromatic nitrogens is 2. The minimum Gasteiger partial charge on any atom is -0.316 e. The van der Waals surface area contributed by atoms with E-state index in [1.165, 1.54) is 18.3 Å². The molecule has 118 valence electrons. The number of rotatable bonds is 3. The maximum Gasteiger partial charge on any atom is 0.221 e. The molecular weight excluding hydrogens is 318 g/mol. The fourth-order valence-electron chi connectivity index (χ4n) is 2.70. The van der Waals surface area contributed by atoms with Crippen LogP contribution in [0.5, 0.6) is 0 Å². The molecule has 24 heavy (non-hydrogen) atoms. The molecule has 1 N–H and O–H groups in total. The van der Waals surface area contributed by atoms with E-state index in [0.29, 0.717) is 0 Å².